The van der Waals surface area contributed by atoms with Crippen LogP contribution in [-0.4, -0.2) is 42.0 Å². The fourth-order valence-electron chi connectivity index (χ4n) is 2.62. The lowest BCUT2D eigenvalue weighted by Gasteiger charge is -2.23. The normalized spacial score (nSPS) is 18.7. The third kappa shape index (κ3) is 4.08. The maximum Gasteiger partial charge on any atom is 0.237 e. The molecule has 0 bridgehead atoms. The zero-order chi connectivity index (χ0) is 15.2. The average molecular weight is 311 g/mol. The molecule has 2 N–H and O–H groups in total. The van der Waals surface area contributed by atoms with Crippen molar-refractivity contribution in [1.29, 1.82) is 0 Å². The van der Waals surface area contributed by atoms with E-state index in [0.29, 0.717) is 11.6 Å². The molecular formula is C15H23ClN4O. The molecule has 1 atom stereocenters. The molecule has 116 valence electrons. The Morgan fingerprint density at radius 3 is 3.05 bits per heavy atom. The van der Waals surface area contributed by atoms with Crippen molar-refractivity contribution < 1.29 is 4.79 Å². The first-order valence-corrected chi connectivity index (χ1v) is 7.88. The Morgan fingerprint density at radius 2 is 2.33 bits per heavy atom. The van der Waals surface area contributed by atoms with Crippen LogP contribution >= 0.6 is 11.6 Å². The molecular weight excluding hydrogens is 288 g/mol. The highest BCUT2D eigenvalue weighted by molar-refractivity contribution is 6.31. The molecule has 0 saturated carbocycles. The summed E-state index contributed by atoms with van der Waals surface area (Å²) in [4.78, 5) is 18.6. The van der Waals surface area contributed by atoms with Gasteiger partial charge in [-0.25, -0.2) is 4.98 Å². The maximum atomic E-state index is 11.9. The van der Waals surface area contributed by atoms with E-state index in [1.807, 2.05) is 12.1 Å². The first kappa shape index (κ1) is 16.0. The summed E-state index contributed by atoms with van der Waals surface area (Å²) in [7, 11) is 1.68. The molecule has 2 heterocycles. The van der Waals surface area contributed by atoms with Gasteiger partial charge in [-0.15, -0.1) is 0 Å². The third-order valence-corrected chi connectivity index (χ3v) is 4.08. The van der Waals surface area contributed by atoms with Crippen LogP contribution in [0.4, 0.5) is 5.82 Å². The number of anilines is 1. The third-order valence-electron chi connectivity index (χ3n) is 3.74. The first-order chi connectivity index (χ1) is 10.2. The van der Waals surface area contributed by atoms with Crippen molar-refractivity contribution in [3.8, 4) is 0 Å². The van der Waals surface area contributed by atoms with Gasteiger partial charge in [0, 0.05) is 20.1 Å². The predicted molar refractivity (Wildman–Crippen MR) is 85.5 cm³/mol. The Hall–Kier alpha value is -1.33. The fourth-order valence-corrected chi connectivity index (χ4v) is 2.78. The molecule has 1 saturated heterocycles. The Kier molecular flexibility index (Phi) is 5.82. The lowest BCUT2D eigenvalue weighted by molar-refractivity contribution is -0.125. The van der Waals surface area contributed by atoms with Gasteiger partial charge in [0.15, 0.2) is 0 Å². The van der Waals surface area contributed by atoms with E-state index < -0.39 is 0 Å². The standard InChI is InChI=1S/C15H23ClN4O/c1-3-8-18-14-7-6-11(16)12(19-14)10-20-9-4-5-13(20)15(21)17-2/h6-7,13H,3-5,8-10H2,1-2H3,(H,17,21)(H,18,19). The smallest absolute Gasteiger partial charge is 0.237 e. The number of carbonyl (C=O) groups is 1. The van der Waals surface area contributed by atoms with Crippen molar-refractivity contribution in [1.82, 2.24) is 15.2 Å². The average Bonchev–Trinajstić information content (AvgIpc) is 2.95. The number of carbonyl (C=O) groups excluding carboxylic acids is 1. The zero-order valence-corrected chi connectivity index (χ0v) is 13.4. The van der Waals surface area contributed by atoms with Crippen molar-refractivity contribution in [2.75, 3.05) is 25.5 Å². The van der Waals surface area contributed by atoms with Crippen LogP contribution < -0.4 is 10.6 Å². The fraction of sp³-hybridized carbons (Fsp3) is 0.600. The van der Waals surface area contributed by atoms with Gasteiger partial charge in [-0.05, 0) is 37.9 Å². The summed E-state index contributed by atoms with van der Waals surface area (Å²) in [5.74, 6) is 0.913. The summed E-state index contributed by atoms with van der Waals surface area (Å²) < 4.78 is 0. The monoisotopic (exact) mass is 310 g/mol. The topological polar surface area (TPSA) is 57.3 Å². The van der Waals surface area contributed by atoms with Crippen molar-refractivity contribution in [3.63, 3.8) is 0 Å². The van der Waals surface area contributed by atoms with Crippen LogP contribution in [-0.2, 0) is 11.3 Å². The molecule has 21 heavy (non-hydrogen) atoms. The number of rotatable bonds is 6. The highest BCUT2D eigenvalue weighted by Gasteiger charge is 2.30. The summed E-state index contributed by atoms with van der Waals surface area (Å²) in [5, 5.41) is 6.65. The Bertz CT molecular complexity index is 495. The summed E-state index contributed by atoms with van der Waals surface area (Å²) in [6.07, 6.45) is 2.97. The molecule has 1 amide bonds. The van der Waals surface area contributed by atoms with Gasteiger partial charge in [0.05, 0.1) is 16.8 Å². The molecule has 2 rings (SSSR count). The van der Waals surface area contributed by atoms with Crippen LogP contribution in [0.3, 0.4) is 0 Å². The quantitative estimate of drug-likeness (QED) is 0.846. The van der Waals surface area contributed by atoms with Crippen LogP contribution in [0, 0.1) is 0 Å². The van der Waals surface area contributed by atoms with E-state index in [2.05, 4.69) is 27.4 Å². The summed E-state index contributed by atoms with van der Waals surface area (Å²) in [6.45, 7) is 4.52. The Balaban J connectivity index is 2.09. The molecule has 5 nitrogen and oxygen atoms in total. The molecule has 1 aromatic rings. The van der Waals surface area contributed by atoms with Crippen molar-refractivity contribution in [2.45, 2.75) is 38.8 Å². The maximum absolute atomic E-state index is 11.9. The molecule has 0 aliphatic carbocycles. The zero-order valence-electron chi connectivity index (χ0n) is 12.7. The van der Waals surface area contributed by atoms with E-state index in [4.69, 9.17) is 11.6 Å². The van der Waals surface area contributed by atoms with E-state index >= 15 is 0 Å². The van der Waals surface area contributed by atoms with Crippen LogP contribution in [0.5, 0.6) is 0 Å². The minimum atomic E-state index is -0.0693. The molecule has 1 aromatic heterocycles. The van der Waals surface area contributed by atoms with E-state index in [0.717, 1.165) is 43.9 Å². The molecule has 1 fully saturated rings. The van der Waals surface area contributed by atoms with Gasteiger partial charge in [0.25, 0.3) is 0 Å². The lowest BCUT2D eigenvalue weighted by atomic mass is 10.2. The number of pyridine rings is 1. The number of likely N-dealkylation sites (N-methyl/N-ethyl adjacent to an activating group) is 1. The summed E-state index contributed by atoms with van der Waals surface area (Å²) in [6, 6.07) is 3.69. The number of nitrogens with zero attached hydrogens (tertiary/aromatic N) is 2. The van der Waals surface area contributed by atoms with Crippen LogP contribution in [0.15, 0.2) is 12.1 Å². The minimum absolute atomic E-state index is 0.0693. The molecule has 6 heteroatoms. The SMILES string of the molecule is CCCNc1ccc(Cl)c(CN2CCCC2C(=O)NC)n1. The number of likely N-dealkylation sites (tertiary alicyclic amines) is 1. The molecule has 1 unspecified atom stereocenters. The number of aromatic nitrogens is 1. The number of nitrogens with one attached hydrogen (secondary N) is 2. The second-order valence-electron chi connectivity index (χ2n) is 5.29. The second-order valence-corrected chi connectivity index (χ2v) is 5.70. The van der Waals surface area contributed by atoms with E-state index in [1.165, 1.54) is 0 Å². The lowest BCUT2D eigenvalue weighted by Crippen LogP contribution is -2.41. The number of hydrogen-bond donors (Lipinski definition) is 2. The molecule has 1 aliphatic rings. The molecule has 0 aromatic carbocycles. The Labute approximate surface area is 131 Å². The van der Waals surface area contributed by atoms with Gasteiger partial charge in [-0.1, -0.05) is 18.5 Å². The highest BCUT2D eigenvalue weighted by Crippen LogP contribution is 2.24. The van der Waals surface area contributed by atoms with E-state index in [9.17, 15) is 4.79 Å². The minimum Gasteiger partial charge on any atom is -0.370 e. The van der Waals surface area contributed by atoms with Crippen LogP contribution in [0.1, 0.15) is 31.9 Å². The molecule has 0 spiro atoms. The van der Waals surface area contributed by atoms with Gasteiger partial charge in [0.2, 0.25) is 5.91 Å². The van der Waals surface area contributed by atoms with Gasteiger partial charge < -0.3 is 10.6 Å². The van der Waals surface area contributed by atoms with Gasteiger partial charge in [0.1, 0.15) is 5.82 Å². The molecule has 1 aliphatic heterocycles. The van der Waals surface area contributed by atoms with E-state index in [-0.39, 0.29) is 11.9 Å². The summed E-state index contributed by atoms with van der Waals surface area (Å²) in [5.41, 5.74) is 0.827. The molecule has 0 radical (unpaired) electrons. The van der Waals surface area contributed by atoms with Crippen molar-refractivity contribution in [2.24, 2.45) is 0 Å². The first-order valence-electron chi connectivity index (χ1n) is 7.50. The van der Waals surface area contributed by atoms with Crippen molar-refractivity contribution >= 4 is 23.3 Å². The number of hydrogen-bond acceptors (Lipinski definition) is 4. The van der Waals surface area contributed by atoms with Gasteiger partial charge in [-0.2, -0.15) is 0 Å². The van der Waals surface area contributed by atoms with Crippen LogP contribution in [0.2, 0.25) is 5.02 Å². The number of amides is 1. The van der Waals surface area contributed by atoms with Crippen LogP contribution in [0.25, 0.3) is 0 Å². The highest BCUT2D eigenvalue weighted by atomic mass is 35.5. The Morgan fingerprint density at radius 1 is 1.52 bits per heavy atom. The van der Waals surface area contributed by atoms with Gasteiger partial charge >= 0.3 is 0 Å². The van der Waals surface area contributed by atoms with E-state index in [1.54, 1.807) is 7.05 Å². The summed E-state index contributed by atoms with van der Waals surface area (Å²) >= 11 is 6.25. The predicted octanol–water partition coefficient (Wildman–Crippen LogP) is 2.27. The van der Waals surface area contributed by atoms with Gasteiger partial charge in [-0.3, -0.25) is 9.69 Å². The van der Waals surface area contributed by atoms with Crippen molar-refractivity contribution in [3.05, 3.63) is 22.8 Å². The number of halogens is 1. The second kappa shape index (κ2) is 7.61. The largest absolute Gasteiger partial charge is 0.370 e.